The minimum atomic E-state index is -0.111. The van der Waals surface area contributed by atoms with Crippen LogP contribution in [-0.2, 0) is 0 Å². The molecule has 0 spiro atoms. The van der Waals surface area contributed by atoms with E-state index in [9.17, 15) is 4.39 Å². The van der Waals surface area contributed by atoms with Gasteiger partial charge in [-0.2, -0.15) is 0 Å². The first-order valence-electron chi connectivity index (χ1n) is 4.80. The first-order chi connectivity index (χ1) is 5.24. The summed E-state index contributed by atoms with van der Waals surface area (Å²) < 4.78 is 12.2. The molecule has 2 aliphatic rings. The van der Waals surface area contributed by atoms with Crippen LogP contribution < -0.4 is 0 Å². The highest BCUT2D eigenvalue weighted by Gasteiger charge is 2.47. The smallest absolute Gasteiger partial charge is 0.0899 e. The van der Waals surface area contributed by atoms with E-state index in [1.807, 2.05) is 0 Å². The van der Waals surface area contributed by atoms with Crippen molar-refractivity contribution in [2.45, 2.75) is 39.0 Å². The Hall–Kier alpha value is -0.0700. The molecule has 11 heavy (non-hydrogen) atoms. The molecule has 2 aliphatic carbocycles. The Bertz CT molecular complexity index is 155. The lowest BCUT2D eigenvalue weighted by molar-refractivity contribution is 0.157. The molecule has 0 aliphatic heterocycles. The molecule has 64 valence electrons. The Labute approximate surface area is 68.2 Å². The van der Waals surface area contributed by atoms with E-state index < -0.39 is 0 Å². The maximum absolute atomic E-state index is 12.2. The third kappa shape index (κ3) is 1.09. The van der Waals surface area contributed by atoms with E-state index in [2.05, 4.69) is 6.92 Å². The van der Waals surface area contributed by atoms with Crippen LogP contribution in [-0.4, -0.2) is 6.67 Å². The predicted molar refractivity (Wildman–Crippen MR) is 44.1 cm³/mol. The predicted octanol–water partition coefficient (Wildman–Crippen LogP) is 3.17. The van der Waals surface area contributed by atoms with Crippen molar-refractivity contribution in [1.82, 2.24) is 0 Å². The van der Waals surface area contributed by atoms with E-state index in [0.29, 0.717) is 5.41 Å². The lowest BCUT2D eigenvalue weighted by Gasteiger charge is -2.33. The summed E-state index contributed by atoms with van der Waals surface area (Å²) >= 11 is 0. The van der Waals surface area contributed by atoms with Crippen molar-refractivity contribution in [3.8, 4) is 0 Å². The molecule has 0 aromatic heterocycles. The zero-order valence-corrected chi connectivity index (χ0v) is 7.28. The van der Waals surface area contributed by atoms with Crippen LogP contribution >= 0.6 is 0 Å². The maximum atomic E-state index is 12.2. The number of hydrogen-bond donors (Lipinski definition) is 0. The molecule has 0 heterocycles. The summed E-state index contributed by atoms with van der Waals surface area (Å²) in [6.07, 6.45) is 6.32. The van der Waals surface area contributed by atoms with Crippen molar-refractivity contribution in [3.63, 3.8) is 0 Å². The van der Waals surface area contributed by atoms with Crippen molar-refractivity contribution in [2.24, 2.45) is 17.3 Å². The second kappa shape index (κ2) is 2.46. The summed E-state index contributed by atoms with van der Waals surface area (Å²) in [7, 11) is 0. The highest BCUT2D eigenvalue weighted by Crippen LogP contribution is 2.57. The van der Waals surface area contributed by atoms with Crippen LogP contribution in [0.2, 0.25) is 0 Å². The first-order valence-corrected chi connectivity index (χ1v) is 4.80. The Balaban J connectivity index is 2.04. The summed E-state index contributed by atoms with van der Waals surface area (Å²) in [6, 6.07) is 0. The van der Waals surface area contributed by atoms with E-state index in [4.69, 9.17) is 0 Å². The van der Waals surface area contributed by atoms with Gasteiger partial charge in [0.1, 0.15) is 0 Å². The second-order valence-corrected chi connectivity index (χ2v) is 4.67. The van der Waals surface area contributed by atoms with Crippen molar-refractivity contribution >= 4 is 0 Å². The molecule has 0 saturated heterocycles. The fraction of sp³-hybridized carbons (Fsp3) is 1.00. The quantitative estimate of drug-likeness (QED) is 0.576. The van der Waals surface area contributed by atoms with Gasteiger partial charge in [0.2, 0.25) is 0 Å². The largest absolute Gasteiger partial charge is 0.251 e. The highest BCUT2D eigenvalue weighted by molar-refractivity contribution is 4.97. The average molecular weight is 156 g/mol. The monoisotopic (exact) mass is 156 g/mol. The number of rotatable bonds is 2. The molecular weight excluding hydrogens is 139 g/mol. The zero-order chi connectivity index (χ0) is 7.90. The fourth-order valence-corrected chi connectivity index (χ4v) is 3.24. The third-order valence-corrected chi connectivity index (χ3v) is 3.95. The highest BCUT2D eigenvalue weighted by atomic mass is 19.1. The van der Waals surface area contributed by atoms with Crippen molar-refractivity contribution in [3.05, 3.63) is 0 Å². The van der Waals surface area contributed by atoms with Gasteiger partial charge in [-0.1, -0.05) is 13.3 Å². The Morgan fingerprint density at radius 3 is 2.73 bits per heavy atom. The normalized spacial score (nSPS) is 48.5. The van der Waals surface area contributed by atoms with Crippen molar-refractivity contribution in [2.75, 3.05) is 6.67 Å². The summed E-state index contributed by atoms with van der Waals surface area (Å²) in [4.78, 5) is 0. The average Bonchev–Trinajstić information content (AvgIpc) is 2.45. The van der Waals surface area contributed by atoms with Gasteiger partial charge in [-0.15, -0.1) is 0 Å². The van der Waals surface area contributed by atoms with E-state index in [1.165, 1.54) is 25.7 Å². The molecule has 0 aromatic rings. The van der Waals surface area contributed by atoms with Gasteiger partial charge in [0.25, 0.3) is 0 Å². The van der Waals surface area contributed by atoms with Gasteiger partial charge < -0.3 is 0 Å². The second-order valence-electron chi connectivity index (χ2n) is 4.67. The van der Waals surface area contributed by atoms with E-state index >= 15 is 0 Å². The van der Waals surface area contributed by atoms with E-state index in [1.54, 1.807) is 0 Å². The molecule has 2 saturated carbocycles. The topological polar surface area (TPSA) is 0 Å². The SMILES string of the molecule is CC1(CCF)CC2CCC1C2. The number of halogens is 1. The van der Waals surface area contributed by atoms with Gasteiger partial charge in [0.05, 0.1) is 6.67 Å². The molecule has 2 rings (SSSR count). The zero-order valence-electron chi connectivity index (χ0n) is 7.28. The van der Waals surface area contributed by atoms with Crippen LogP contribution in [0, 0.1) is 17.3 Å². The molecule has 0 aromatic carbocycles. The molecule has 2 bridgehead atoms. The Kier molecular flexibility index (Phi) is 1.70. The van der Waals surface area contributed by atoms with Gasteiger partial charge in [0, 0.05) is 0 Å². The molecule has 0 nitrogen and oxygen atoms in total. The number of alkyl halides is 1. The summed E-state index contributed by atoms with van der Waals surface area (Å²) in [5.41, 5.74) is 0.387. The summed E-state index contributed by atoms with van der Waals surface area (Å²) in [5.74, 6) is 1.82. The summed E-state index contributed by atoms with van der Waals surface area (Å²) in [5, 5.41) is 0. The lowest BCUT2D eigenvalue weighted by atomic mass is 9.73. The van der Waals surface area contributed by atoms with Crippen LogP contribution in [0.3, 0.4) is 0 Å². The van der Waals surface area contributed by atoms with Gasteiger partial charge in [-0.3, -0.25) is 4.39 Å². The molecule has 1 heteroatoms. The Morgan fingerprint density at radius 2 is 2.27 bits per heavy atom. The van der Waals surface area contributed by atoms with Crippen LogP contribution in [0.5, 0.6) is 0 Å². The lowest BCUT2D eigenvalue weighted by Crippen LogP contribution is -2.24. The van der Waals surface area contributed by atoms with Crippen LogP contribution in [0.15, 0.2) is 0 Å². The van der Waals surface area contributed by atoms with Crippen molar-refractivity contribution < 1.29 is 4.39 Å². The van der Waals surface area contributed by atoms with E-state index in [0.717, 1.165) is 18.3 Å². The Morgan fingerprint density at radius 1 is 1.45 bits per heavy atom. The van der Waals surface area contributed by atoms with Crippen LogP contribution in [0.4, 0.5) is 4.39 Å². The molecular formula is C10H17F. The molecule has 3 atom stereocenters. The van der Waals surface area contributed by atoms with Gasteiger partial charge >= 0.3 is 0 Å². The van der Waals surface area contributed by atoms with Gasteiger partial charge in [0.15, 0.2) is 0 Å². The third-order valence-electron chi connectivity index (χ3n) is 3.95. The molecule has 3 unspecified atom stereocenters. The van der Waals surface area contributed by atoms with Gasteiger partial charge in [-0.25, -0.2) is 0 Å². The van der Waals surface area contributed by atoms with Crippen molar-refractivity contribution in [1.29, 1.82) is 0 Å². The van der Waals surface area contributed by atoms with Crippen LogP contribution in [0.1, 0.15) is 39.0 Å². The number of fused-ring (bicyclic) bond motifs is 2. The molecule has 0 radical (unpaired) electrons. The number of hydrogen-bond acceptors (Lipinski definition) is 0. The van der Waals surface area contributed by atoms with Crippen LogP contribution in [0.25, 0.3) is 0 Å². The molecule has 0 amide bonds. The minimum absolute atomic E-state index is 0.111. The maximum Gasteiger partial charge on any atom is 0.0899 e. The molecule has 2 fully saturated rings. The minimum Gasteiger partial charge on any atom is -0.251 e. The fourth-order valence-electron chi connectivity index (χ4n) is 3.24. The van der Waals surface area contributed by atoms with Gasteiger partial charge in [-0.05, 0) is 42.9 Å². The summed E-state index contributed by atoms with van der Waals surface area (Å²) in [6.45, 7) is 2.18. The van der Waals surface area contributed by atoms with E-state index in [-0.39, 0.29) is 6.67 Å². The molecule has 0 N–H and O–H groups in total. The first kappa shape index (κ1) is 7.57. The standard InChI is InChI=1S/C10H17F/c1-10(4-5-11)7-8-2-3-9(10)6-8/h8-9H,2-7H2,1H3.